The molecule has 2 atom stereocenters. The fraction of sp³-hybridized carbons (Fsp3) is 0.818. The van der Waals surface area contributed by atoms with E-state index in [2.05, 4.69) is 5.32 Å². The number of aliphatic carboxylic acids is 1. The summed E-state index contributed by atoms with van der Waals surface area (Å²) in [5.74, 6) is 1.76. The number of amides is 2. The molecule has 1 rings (SSSR count). The number of urea groups is 1. The van der Waals surface area contributed by atoms with E-state index in [9.17, 15) is 9.59 Å². The van der Waals surface area contributed by atoms with Crippen LogP contribution >= 0.6 is 23.5 Å². The first-order valence-electron chi connectivity index (χ1n) is 5.89. The van der Waals surface area contributed by atoms with Crippen molar-refractivity contribution in [1.29, 1.82) is 0 Å². The van der Waals surface area contributed by atoms with E-state index >= 15 is 0 Å². The van der Waals surface area contributed by atoms with Crippen LogP contribution in [0.2, 0.25) is 0 Å². The van der Waals surface area contributed by atoms with Gasteiger partial charge in [-0.05, 0) is 30.6 Å². The molecule has 0 spiro atoms. The Kier molecular flexibility index (Phi) is 6.70. The van der Waals surface area contributed by atoms with Gasteiger partial charge in [-0.15, -0.1) is 0 Å². The monoisotopic (exact) mass is 292 g/mol. The lowest BCUT2D eigenvalue weighted by molar-refractivity contribution is -0.139. The van der Waals surface area contributed by atoms with E-state index < -0.39 is 12.0 Å². The Morgan fingerprint density at radius 1 is 1.61 bits per heavy atom. The molecule has 0 aromatic rings. The Morgan fingerprint density at radius 3 is 2.83 bits per heavy atom. The molecule has 1 unspecified atom stereocenters. The molecule has 0 aliphatic carbocycles. The standard InChI is InChI=1S/C11H20N2O3S2/c1-13(8-3-6-18-7-8)11(16)12-9(10(14)15)4-5-17-2/h8-9H,3-7H2,1-2H3,(H,12,16)(H,14,15)/t8?,9-/m0/s1. The van der Waals surface area contributed by atoms with E-state index in [-0.39, 0.29) is 12.1 Å². The zero-order valence-electron chi connectivity index (χ0n) is 10.7. The van der Waals surface area contributed by atoms with Crippen molar-refractivity contribution in [3.63, 3.8) is 0 Å². The predicted octanol–water partition coefficient (Wildman–Crippen LogP) is 1.34. The summed E-state index contributed by atoms with van der Waals surface area (Å²) in [4.78, 5) is 24.6. The van der Waals surface area contributed by atoms with Crippen LogP contribution in [0, 0.1) is 0 Å². The maximum absolute atomic E-state index is 11.9. The number of carboxylic acids is 1. The van der Waals surface area contributed by atoms with Crippen molar-refractivity contribution in [2.75, 3.05) is 30.6 Å². The van der Waals surface area contributed by atoms with E-state index in [0.717, 1.165) is 23.7 Å². The summed E-state index contributed by atoms with van der Waals surface area (Å²) in [6.07, 6.45) is 3.36. The lowest BCUT2D eigenvalue weighted by Crippen LogP contribution is -2.50. The number of hydrogen-bond acceptors (Lipinski definition) is 4. The van der Waals surface area contributed by atoms with Crippen LogP contribution in [0.3, 0.4) is 0 Å². The molecular weight excluding hydrogens is 272 g/mol. The molecule has 18 heavy (non-hydrogen) atoms. The van der Waals surface area contributed by atoms with Gasteiger partial charge in [0.2, 0.25) is 0 Å². The Hall–Kier alpha value is -0.560. The van der Waals surface area contributed by atoms with Crippen LogP contribution in [0.1, 0.15) is 12.8 Å². The molecule has 1 saturated heterocycles. The molecule has 0 bridgehead atoms. The molecule has 7 heteroatoms. The molecule has 1 heterocycles. The summed E-state index contributed by atoms with van der Waals surface area (Å²) in [5.41, 5.74) is 0. The summed E-state index contributed by atoms with van der Waals surface area (Å²) >= 11 is 3.40. The minimum atomic E-state index is -0.966. The highest BCUT2D eigenvalue weighted by Crippen LogP contribution is 2.21. The van der Waals surface area contributed by atoms with Crippen molar-refractivity contribution in [3.8, 4) is 0 Å². The molecule has 1 fully saturated rings. The number of carboxylic acid groups (broad SMARTS) is 1. The van der Waals surface area contributed by atoms with Gasteiger partial charge in [0, 0.05) is 18.8 Å². The van der Waals surface area contributed by atoms with Crippen LogP contribution in [-0.2, 0) is 4.79 Å². The Labute approximate surface area is 116 Å². The van der Waals surface area contributed by atoms with Crippen LogP contribution < -0.4 is 5.32 Å². The van der Waals surface area contributed by atoms with E-state index in [1.807, 2.05) is 18.0 Å². The maximum Gasteiger partial charge on any atom is 0.326 e. The normalized spacial score (nSPS) is 20.4. The maximum atomic E-state index is 11.9. The van der Waals surface area contributed by atoms with Crippen molar-refractivity contribution in [1.82, 2.24) is 10.2 Å². The SMILES string of the molecule is CSCC[C@H](NC(=O)N(C)C1CCSC1)C(=O)O. The van der Waals surface area contributed by atoms with Gasteiger partial charge in [0.25, 0.3) is 0 Å². The summed E-state index contributed by atoms with van der Waals surface area (Å²) < 4.78 is 0. The van der Waals surface area contributed by atoms with Gasteiger partial charge in [-0.1, -0.05) is 0 Å². The molecule has 5 nitrogen and oxygen atoms in total. The van der Waals surface area contributed by atoms with Crippen LogP contribution in [0.25, 0.3) is 0 Å². The Balaban J connectivity index is 2.46. The molecule has 0 aromatic heterocycles. The van der Waals surface area contributed by atoms with Crippen LogP contribution in [0.5, 0.6) is 0 Å². The summed E-state index contributed by atoms with van der Waals surface area (Å²) in [5, 5.41) is 11.6. The molecular formula is C11H20N2O3S2. The van der Waals surface area contributed by atoms with Gasteiger partial charge in [-0.3, -0.25) is 0 Å². The summed E-state index contributed by atoms with van der Waals surface area (Å²) in [6.45, 7) is 0. The zero-order valence-corrected chi connectivity index (χ0v) is 12.4. The number of rotatable bonds is 6. The minimum absolute atomic E-state index is 0.227. The topological polar surface area (TPSA) is 69.6 Å². The minimum Gasteiger partial charge on any atom is -0.480 e. The summed E-state index contributed by atoms with van der Waals surface area (Å²) in [6, 6.07) is -0.845. The van der Waals surface area contributed by atoms with Crippen molar-refractivity contribution < 1.29 is 14.7 Å². The largest absolute Gasteiger partial charge is 0.480 e. The van der Waals surface area contributed by atoms with Gasteiger partial charge in [0.15, 0.2) is 0 Å². The van der Waals surface area contributed by atoms with E-state index in [1.165, 1.54) is 0 Å². The number of thioether (sulfide) groups is 2. The van der Waals surface area contributed by atoms with Crippen LogP contribution in [0.15, 0.2) is 0 Å². The van der Waals surface area contributed by atoms with Crippen LogP contribution in [-0.4, -0.2) is 64.7 Å². The fourth-order valence-electron chi connectivity index (χ4n) is 1.74. The molecule has 1 aliphatic rings. The van der Waals surface area contributed by atoms with Gasteiger partial charge < -0.3 is 15.3 Å². The van der Waals surface area contributed by atoms with Crippen molar-refractivity contribution in [2.45, 2.75) is 24.9 Å². The number of nitrogens with zero attached hydrogens (tertiary/aromatic N) is 1. The number of carbonyl (C=O) groups is 2. The second-order valence-corrected chi connectivity index (χ2v) is 6.39. The molecule has 2 N–H and O–H groups in total. The van der Waals surface area contributed by atoms with Gasteiger partial charge in [-0.2, -0.15) is 23.5 Å². The lowest BCUT2D eigenvalue weighted by atomic mass is 10.2. The summed E-state index contributed by atoms with van der Waals surface area (Å²) in [7, 11) is 1.74. The molecule has 2 amide bonds. The zero-order chi connectivity index (χ0) is 13.5. The smallest absolute Gasteiger partial charge is 0.326 e. The fourth-order valence-corrected chi connectivity index (χ4v) is 3.48. The highest BCUT2D eigenvalue weighted by Gasteiger charge is 2.27. The molecule has 1 aliphatic heterocycles. The van der Waals surface area contributed by atoms with Crippen molar-refractivity contribution in [3.05, 3.63) is 0 Å². The first kappa shape index (κ1) is 15.5. The predicted molar refractivity (Wildman–Crippen MR) is 76.4 cm³/mol. The third-order valence-corrected chi connectivity index (χ3v) is 4.77. The van der Waals surface area contributed by atoms with E-state index in [0.29, 0.717) is 6.42 Å². The second kappa shape index (κ2) is 7.78. The van der Waals surface area contributed by atoms with Gasteiger partial charge >= 0.3 is 12.0 Å². The van der Waals surface area contributed by atoms with Gasteiger partial charge in [0.05, 0.1) is 0 Å². The van der Waals surface area contributed by atoms with Gasteiger partial charge in [-0.25, -0.2) is 9.59 Å². The Bertz CT molecular complexity index is 296. The van der Waals surface area contributed by atoms with Crippen molar-refractivity contribution >= 4 is 35.5 Å². The second-order valence-electron chi connectivity index (χ2n) is 4.25. The molecule has 0 saturated carbocycles. The van der Waals surface area contributed by atoms with E-state index in [4.69, 9.17) is 5.11 Å². The first-order chi connectivity index (χ1) is 8.56. The third-order valence-electron chi connectivity index (χ3n) is 2.98. The van der Waals surface area contributed by atoms with Gasteiger partial charge in [0.1, 0.15) is 6.04 Å². The average Bonchev–Trinajstić information content (AvgIpc) is 2.86. The number of nitrogens with one attached hydrogen (secondary N) is 1. The lowest BCUT2D eigenvalue weighted by Gasteiger charge is -2.26. The first-order valence-corrected chi connectivity index (χ1v) is 8.44. The molecule has 104 valence electrons. The van der Waals surface area contributed by atoms with E-state index in [1.54, 1.807) is 23.7 Å². The van der Waals surface area contributed by atoms with Crippen molar-refractivity contribution in [2.24, 2.45) is 0 Å². The molecule has 0 radical (unpaired) electrons. The number of hydrogen-bond donors (Lipinski definition) is 2. The quantitative estimate of drug-likeness (QED) is 0.773. The third kappa shape index (κ3) is 4.61. The Morgan fingerprint density at radius 2 is 2.33 bits per heavy atom. The molecule has 0 aromatic carbocycles. The number of carbonyl (C=O) groups excluding carboxylic acids is 1. The average molecular weight is 292 g/mol. The van der Waals surface area contributed by atoms with Crippen LogP contribution in [0.4, 0.5) is 4.79 Å². The highest BCUT2D eigenvalue weighted by molar-refractivity contribution is 7.99. The highest BCUT2D eigenvalue weighted by atomic mass is 32.2.